The standard InChI is InChI=1S/C15H21N3O3.ClH/c1-9(16)5-11-6-14(20-4)12(7-13(11)19-3)8-15-17-10(2)18-21-15;/h6-7,9H,5,8,16H2,1-4H3;1H/t9-;/m1./s1. The number of nitrogens with two attached hydrogens (primary N) is 1. The molecule has 0 unspecified atom stereocenters. The normalized spacial score (nSPS) is 11.7. The van der Waals surface area contributed by atoms with Gasteiger partial charge < -0.3 is 19.7 Å². The largest absolute Gasteiger partial charge is 0.496 e. The van der Waals surface area contributed by atoms with Gasteiger partial charge in [-0.25, -0.2) is 0 Å². The maximum Gasteiger partial charge on any atom is 0.231 e. The number of benzene rings is 1. The molecule has 0 aliphatic rings. The maximum absolute atomic E-state index is 5.87. The number of aryl methyl sites for hydroxylation is 1. The van der Waals surface area contributed by atoms with Gasteiger partial charge in [0.1, 0.15) is 11.5 Å². The molecule has 2 aromatic rings. The second kappa shape index (κ2) is 8.00. The van der Waals surface area contributed by atoms with Crippen molar-refractivity contribution in [3.63, 3.8) is 0 Å². The molecule has 0 fully saturated rings. The third kappa shape index (κ3) is 4.35. The smallest absolute Gasteiger partial charge is 0.231 e. The van der Waals surface area contributed by atoms with Gasteiger partial charge >= 0.3 is 0 Å². The lowest BCUT2D eigenvalue weighted by Crippen LogP contribution is -2.18. The van der Waals surface area contributed by atoms with Crippen molar-refractivity contribution < 1.29 is 14.0 Å². The van der Waals surface area contributed by atoms with E-state index < -0.39 is 0 Å². The van der Waals surface area contributed by atoms with E-state index in [0.717, 1.165) is 29.0 Å². The molecule has 0 aliphatic heterocycles. The van der Waals surface area contributed by atoms with Crippen LogP contribution in [0.25, 0.3) is 0 Å². The summed E-state index contributed by atoms with van der Waals surface area (Å²) in [4.78, 5) is 4.21. The summed E-state index contributed by atoms with van der Waals surface area (Å²) in [5.41, 5.74) is 7.83. The van der Waals surface area contributed by atoms with Crippen LogP contribution in [-0.4, -0.2) is 30.4 Å². The summed E-state index contributed by atoms with van der Waals surface area (Å²) in [6.45, 7) is 3.75. The number of hydrogen-bond acceptors (Lipinski definition) is 6. The van der Waals surface area contributed by atoms with Gasteiger partial charge in [0, 0.05) is 11.6 Å². The van der Waals surface area contributed by atoms with Crippen LogP contribution in [0.4, 0.5) is 0 Å². The zero-order valence-corrected chi connectivity index (χ0v) is 14.1. The molecule has 1 aromatic carbocycles. The highest BCUT2D eigenvalue weighted by molar-refractivity contribution is 5.85. The van der Waals surface area contributed by atoms with Crippen molar-refractivity contribution in [3.8, 4) is 11.5 Å². The molecule has 22 heavy (non-hydrogen) atoms. The average molecular weight is 328 g/mol. The van der Waals surface area contributed by atoms with Crippen LogP contribution in [0.2, 0.25) is 0 Å². The highest BCUT2D eigenvalue weighted by Gasteiger charge is 2.15. The van der Waals surface area contributed by atoms with E-state index in [1.165, 1.54) is 0 Å². The molecule has 1 atom stereocenters. The van der Waals surface area contributed by atoms with E-state index in [0.29, 0.717) is 18.1 Å². The van der Waals surface area contributed by atoms with Gasteiger partial charge in [0.2, 0.25) is 5.89 Å². The Morgan fingerprint density at radius 2 is 1.77 bits per heavy atom. The lowest BCUT2D eigenvalue weighted by atomic mass is 10.0. The molecule has 2 N–H and O–H groups in total. The van der Waals surface area contributed by atoms with E-state index >= 15 is 0 Å². The van der Waals surface area contributed by atoms with Crippen LogP contribution in [0.5, 0.6) is 11.5 Å². The van der Waals surface area contributed by atoms with Crippen molar-refractivity contribution in [1.82, 2.24) is 10.1 Å². The summed E-state index contributed by atoms with van der Waals surface area (Å²) in [6, 6.07) is 3.95. The van der Waals surface area contributed by atoms with Gasteiger partial charge in [0.15, 0.2) is 5.82 Å². The van der Waals surface area contributed by atoms with Crippen LogP contribution in [0, 0.1) is 6.92 Å². The molecule has 0 amide bonds. The predicted molar refractivity (Wildman–Crippen MR) is 86.0 cm³/mol. The first-order valence-electron chi connectivity index (χ1n) is 6.82. The Bertz CT molecular complexity index is 614. The molecular weight excluding hydrogens is 306 g/mol. The Labute approximate surface area is 136 Å². The molecule has 1 aromatic heterocycles. The van der Waals surface area contributed by atoms with Crippen molar-refractivity contribution >= 4 is 12.4 Å². The first kappa shape index (κ1) is 18.3. The fraction of sp³-hybridized carbons (Fsp3) is 0.467. The van der Waals surface area contributed by atoms with Crippen molar-refractivity contribution in [2.24, 2.45) is 5.73 Å². The molecule has 0 radical (unpaired) electrons. The zero-order valence-electron chi connectivity index (χ0n) is 13.3. The van der Waals surface area contributed by atoms with E-state index in [1.807, 2.05) is 19.1 Å². The van der Waals surface area contributed by atoms with Crippen molar-refractivity contribution in [3.05, 3.63) is 35.0 Å². The second-order valence-electron chi connectivity index (χ2n) is 5.07. The zero-order chi connectivity index (χ0) is 15.4. The lowest BCUT2D eigenvalue weighted by Gasteiger charge is -2.15. The Kier molecular flexibility index (Phi) is 6.64. The average Bonchev–Trinajstić information content (AvgIpc) is 2.84. The number of ether oxygens (including phenoxy) is 2. The number of halogens is 1. The molecular formula is C15H22ClN3O3. The van der Waals surface area contributed by atoms with Crippen molar-refractivity contribution in [1.29, 1.82) is 0 Å². The fourth-order valence-electron chi connectivity index (χ4n) is 2.24. The van der Waals surface area contributed by atoms with Crippen molar-refractivity contribution in [2.45, 2.75) is 32.7 Å². The molecule has 0 aliphatic carbocycles. The minimum atomic E-state index is 0. The van der Waals surface area contributed by atoms with E-state index in [1.54, 1.807) is 21.1 Å². The number of rotatable bonds is 6. The lowest BCUT2D eigenvalue weighted by molar-refractivity contribution is 0.373. The van der Waals surface area contributed by atoms with Gasteiger partial charge in [-0.3, -0.25) is 0 Å². The quantitative estimate of drug-likeness (QED) is 0.876. The van der Waals surface area contributed by atoms with Crippen LogP contribution >= 0.6 is 12.4 Å². The number of aromatic nitrogens is 2. The first-order chi connectivity index (χ1) is 10.0. The van der Waals surface area contributed by atoms with E-state index in [2.05, 4.69) is 10.1 Å². The van der Waals surface area contributed by atoms with Gasteiger partial charge in [-0.2, -0.15) is 4.98 Å². The molecule has 2 rings (SSSR count). The predicted octanol–water partition coefficient (Wildman–Crippen LogP) is 2.30. The summed E-state index contributed by atoms with van der Waals surface area (Å²) in [6.07, 6.45) is 1.22. The molecule has 6 nitrogen and oxygen atoms in total. The molecule has 0 saturated heterocycles. The fourth-order valence-corrected chi connectivity index (χ4v) is 2.24. The van der Waals surface area contributed by atoms with Crippen LogP contribution in [-0.2, 0) is 12.8 Å². The molecule has 7 heteroatoms. The Morgan fingerprint density at radius 1 is 1.18 bits per heavy atom. The first-order valence-corrected chi connectivity index (χ1v) is 6.82. The Hall–Kier alpha value is -1.79. The second-order valence-corrected chi connectivity index (χ2v) is 5.07. The summed E-state index contributed by atoms with van der Waals surface area (Å²) < 4.78 is 16.1. The van der Waals surface area contributed by atoms with Gasteiger partial charge in [-0.1, -0.05) is 5.16 Å². The minimum absolute atomic E-state index is 0. The maximum atomic E-state index is 5.87. The van der Waals surface area contributed by atoms with Crippen LogP contribution < -0.4 is 15.2 Å². The van der Waals surface area contributed by atoms with Crippen molar-refractivity contribution in [2.75, 3.05) is 14.2 Å². The molecule has 0 saturated carbocycles. The Balaban J connectivity index is 0.00000242. The molecule has 0 bridgehead atoms. The highest BCUT2D eigenvalue weighted by Crippen LogP contribution is 2.31. The van der Waals surface area contributed by atoms with E-state index in [9.17, 15) is 0 Å². The van der Waals surface area contributed by atoms with E-state index in [4.69, 9.17) is 19.7 Å². The summed E-state index contributed by atoms with van der Waals surface area (Å²) >= 11 is 0. The van der Waals surface area contributed by atoms with E-state index in [-0.39, 0.29) is 18.4 Å². The van der Waals surface area contributed by atoms with Gasteiger partial charge in [0.05, 0.1) is 20.6 Å². The van der Waals surface area contributed by atoms with Crippen LogP contribution in [0.1, 0.15) is 29.8 Å². The molecule has 122 valence electrons. The van der Waals surface area contributed by atoms with Gasteiger partial charge in [0.25, 0.3) is 0 Å². The third-order valence-electron chi connectivity index (χ3n) is 3.14. The SMILES string of the molecule is COc1cc(C[C@@H](C)N)c(OC)cc1Cc1nc(C)no1.Cl. The molecule has 0 spiro atoms. The Morgan fingerprint density at radius 3 is 2.27 bits per heavy atom. The summed E-state index contributed by atoms with van der Waals surface area (Å²) in [5.74, 6) is 2.72. The summed E-state index contributed by atoms with van der Waals surface area (Å²) in [5, 5.41) is 3.79. The highest BCUT2D eigenvalue weighted by atomic mass is 35.5. The van der Waals surface area contributed by atoms with Gasteiger partial charge in [-0.05, 0) is 38.0 Å². The number of nitrogens with zero attached hydrogens (tertiary/aromatic N) is 2. The number of methoxy groups -OCH3 is 2. The van der Waals surface area contributed by atoms with Crippen LogP contribution in [0.3, 0.4) is 0 Å². The summed E-state index contributed by atoms with van der Waals surface area (Å²) in [7, 11) is 3.28. The van der Waals surface area contributed by atoms with Gasteiger partial charge in [-0.15, -0.1) is 12.4 Å². The number of hydrogen-bond donors (Lipinski definition) is 1. The topological polar surface area (TPSA) is 83.4 Å². The monoisotopic (exact) mass is 327 g/mol. The van der Waals surface area contributed by atoms with Crippen LogP contribution in [0.15, 0.2) is 16.7 Å². The minimum Gasteiger partial charge on any atom is -0.496 e. The molecule has 1 heterocycles. The third-order valence-corrected chi connectivity index (χ3v) is 3.14.